The largest absolute Gasteiger partial charge is 0.395 e. The molecule has 0 radical (unpaired) electrons. The third kappa shape index (κ3) is 3.46. The van der Waals surface area contributed by atoms with E-state index in [9.17, 15) is 10.2 Å². The van der Waals surface area contributed by atoms with Crippen LogP contribution in [0.3, 0.4) is 0 Å². The van der Waals surface area contributed by atoms with Crippen LogP contribution >= 0.6 is 47.0 Å². The molecule has 2 nitrogen and oxygen atoms in total. The van der Waals surface area contributed by atoms with Gasteiger partial charge >= 0.3 is 0 Å². The summed E-state index contributed by atoms with van der Waals surface area (Å²) in [5.41, 5.74) is 2.81. The first-order chi connectivity index (χ1) is 11.8. The third-order valence-electron chi connectivity index (χ3n) is 4.37. The van der Waals surface area contributed by atoms with Crippen molar-refractivity contribution in [3.8, 4) is 0 Å². The number of aliphatic hydroxyl groups is 2. The minimum Gasteiger partial charge on any atom is -0.395 e. The molecule has 2 aromatic rings. The number of thioether (sulfide) groups is 4. The van der Waals surface area contributed by atoms with Gasteiger partial charge < -0.3 is 10.2 Å². The van der Waals surface area contributed by atoms with Crippen molar-refractivity contribution in [1.29, 1.82) is 0 Å². The number of fused-ring (bicyclic) bond motifs is 1. The minimum atomic E-state index is 0.261. The maximum Gasteiger partial charge on any atom is 0.0759 e. The summed E-state index contributed by atoms with van der Waals surface area (Å²) >= 11 is 7.70. The molecule has 0 amide bonds. The average Bonchev–Trinajstić information content (AvgIpc) is 3.29. The van der Waals surface area contributed by atoms with Gasteiger partial charge in [-0.25, -0.2) is 0 Å². The lowest BCUT2D eigenvalue weighted by Gasteiger charge is -2.20. The van der Waals surface area contributed by atoms with Crippen molar-refractivity contribution in [3.63, 3.8) is 0 Å². The van der Waals surface area contributed by atoms with Crippen LogP contribution in [0.25, 0.3) is 10.8 Å². The predicted molar refractivity (Wildman–Crippen MR) is 111 cm³/mol. The van der Waals surface area contributed by atoms with E-state index in [0.717, 1.165) is 11.5 Å². The molecule has 0 saturated carbocycles. The fourth-order valence-corrected chi connectivity index (χ4v) is 9.57. The topological polar surface area (TPSA) is 40.5 Å². The van der Waals surface area contributed by atoms with E-state index in [1.807, 2.05) is 47.0 Å². The van der Waals surface area contributed by atoms with E-state index in [2.05, 4.69) is 36.4 Å². The van der Waals surface area contributed by atoms with Crippen molar-refractivity contribution < 1.29 is 10.2 Å². The molecule has 2 heterocycles. The zero-order chi connectivity index (χ0) is 16.5. The first-order valence-corrected chi connectivity index (χ1v) is 12.0. The molecule has 0 spiro atoms. The van der Waals surface area contributed by atoms with E-state index in [1.54, 1.807) is 0 Å². The van der Waals surface area contributed by atoms with Crippen LogP contribution in [-0.4, -0.2) is 45.4 Å². The standard InChI is InChI=1S/C18H20O2S4/c19-7-13-9-21-17(23-13)15-5-11-3-1-2-4-12(11)6-16(15)18-22-10-14(8-20)24-18/h1-6,13-14,17-20H,7-10H2. The molecule has 24 heavy (non-hydrogen) atoms. The van der Waals surface area contributed by atoms with E-state index in [0.29, 0.717) is 19.7 Å². The summed E-state index contributed by atoms with van der Waals surface area (Å²) in [6, 6.07) is 13.3. The number of hydrogen-bond donors (Lipinski definition) is 2. The highest BCUT2D eigenvalue weighted by Crippen LogP contribution is 2.56. The maximum absolute atomic E-state index is 9.48. The SMILES string of the molecule is OCC1CSC(c2cc3ccccc3cc2C2SCC(CO)S2)S1. The highest BCUT2D eigenvalue weighted by molar-refractivity contribution is 8.20. The van der Waals surface area contributed by atoms with Gasteiger partial charge in [-0.05, 0) is 34.0 Å². The number of rotatable bonds is 4. The second-order valence-electron chi connectivity index (χ2n) is 6.04. The highest BCUT2D eigenvalue weighted by atomic mass is 32.2. The quantitative estimate of drug-likeness (QED) is 0.792. The van der Waals surface area contributed by atoms with Crippen LogP contribution in [0.2, 0.25) is 0 Å². The molecule has 6 heteroatoms. The molecule has 0 aliphatic carbocycles. The fourth-order valence-electron chi connectivity index (χ4n) is 3.10. The molecular formula is C18H20O2S4. The lowest BCUT2D eigenvalue weighted by atomic mass is 10.0. The summed E-state index contributed by atoms with van der Waals surface area (Å²) in [5.74, 6) is 2.03. The Balaban J connectivity index is 1.74. The number of benzene rings is 2. The van der Waals surface area contributed by atoms with Crippen molar-refractivity contribution in [3.05, 3.63) is 47.5 Å². The summed E-state index contributed by atoms with van der Waals surface area (Å²) in [6.45, 7) is 0.521. The maximum atomic E-state index is 9.48. The molecule has 2 aliphatic rings. The van der Waals surface area contributed by atoms with Crippen LogP contribution in [-0.2, 0) is 0 Å². The Morgan fingerprint density at radius 2 is 1.25 bits per heavy atom. The predicted octanol–water partition coefficient (Wildman–Crippen LogP) is 4.52. The molecule has 4 atom stereocenters. The Kier molecular flexibility index (Phi) is 5.61. The van der Waals surface area contributed by atoms with Gasteiger partial charge in [-0.15, -0.1) is 47.0 Å². The van der Waals surface area contributed by atoms with Crippen LogP contribution < -0.4 is 0 Å². The van der Waals surface area contributed by atoms with E-state index in [1.165, 1.54) is 21.9 Å². The van der Waals surface area contributed by atoms with Crippen molar-refractivity contribution in [1.82, 2.24) is 0 Å². The van der Waals surface area contributed by atoms with E-state index < -0.39 is 0 Å². The van der Waals surface area contributed by atoms with Crippen molar-refractivity contribution in [2.75, 3.05) is 24.7 Å². The third-order valence-corrected chi connectivity index (χ3v) is 11.0. The molecule has 2 saturated heterocycles. The molecule has 2 aliphatic heterocycles. The van der Waals surface area contributed by atoms with Gasteiger partial charge in [0, 0.05) is 22.0 Å². The Labute approximate surface area is 159 Å². The fraction of sp³-hybridized carbons (Fsp3) is 0.444. The normalized spacial score (nSPS) is 30.2. The Morgan fingerprint density at radius 1 is 0.792 bits per heavy atom. The molecule has 0 aromatic heterocycles. The second kappa shape index (κ2) is 7.72. The van der Waals surface area contributed by atoms with E-state index >= 15 is 0 Å². The van der Waals surface area contributed by atoms with Crippen molar-refractivity contribution in [2.24, 2.45) is 0 Å². The summed E-state index contributed by atoms with van der Waals surface area (Å²) in [6.07, 6.45) is 0. The van der Waals surface area contributed by atoms with Gasteiger partial charge in [0.2, 0.25) is 0 Å². The van der Waals surface area contributed by atoms with Crippen LogP contribution in [0, 0.1) is 0 Å². The Hall–Kier alpha value is 0.0200. The molecule has 2 aromatic carbocycles. The van der Waals surface area contributed by atoms with Crippen LogP contribution in [0.4, 0.5) is 0 Å². The average molecular weight is 397 g/mol. The van der Waals surface area contributed by atoms with Gasteiger partial charge in [0.25, 0.3) is 0 Å². The van der Waals surface area contributed by atoms with Gasteiger partial charge in [0.05, 0.1) is 22.4 Å². The zero-order valence-electron chi connectivity index (χ0n) is 13.1. The first kappa shape index (κ1) is 17.4. The van der Waals surface area contributed by atoms with Crippen molar-refractivity contribution in [2.45, 2.75) is 19.7 Å². The zero-order valence-corrected chi connectivity index (χ0v) is 16.4. The summed E-state index contributed by atoms with van der Waals surface area (Å²) in [5, 5.41) is 22.2. The molecule has 128 valence electrons. The summed E-state index contributed by atoms with van der Waals surface area (Å²) in [7, 11) is 0. The highest BCUT2D eigenvalue weighted by Gasteiger charge is 2.33. The second-order valence-corrected chi connectivity index (χ2v) is 11.7. The Morgan fingerprint density at radius 3 is 1.62 bits per heavy atom. The molecular weight excluding hydrogens is 376 g/mol. The van der Waals surface area contributed by atoms with E-state index in [4.69, 9.17) is 0 Å². The van der Waals surface area contributed by atoms with Crippen LogP contribution in [0.15, 0.2) is 36.4 Å². The van der Waals surface area contributed by atoms with Gasteiger partial charge in [-0.2, -0.15) is 0 Å². The molecule has 2 N–H and O–H groups in total. The summed E-state index contributed by atoms with van der Waals surface area (Å²) in [4.78, 5) is 0. The lowest BCUT2D eigenvalue weighted by Crippen LogP contribution is -2.06. The van der Waals surface area contributed by atoms with Crippen LogP contribution in [0.1, 0.15) is 20.3 Å². The van der Waals surface area contributed by atoms with Gasteiger partial charge in [0.15, 0.2) is 0 Å². The number of hydrogen-bond acceptors (Lipinski definition) is 6. The molecule has 4 unspecified atom stereocenters. The Bertz CT molecular complexity index is 663. The van der Waals surface area contributed by atoms with Crippen molar-refractivity contribution >= 4 is 57.8 Å². The monoisotopic (exact) mass is 396 g/mol. The van der Waals surface area contributed by atoms with Crippen LogP contribution in [0.5, 0.6) is 0 Å². The minimum absolute atomic E-state index is 0.261. The van der Waals surface area contributed by atoms with Gasteiger partial charge in [-0.3, -0.25) is 0 Å². The smallest absolute Gasteiger partial charge is 0.0759 e. The molecule has 2 fully saturated rings. The molecule has 0 bridgehead atoms. The molecule has 4 rings (SSSR count). The lowest BCUT2D eigenvalue weighted by molar-refractivity contribution is 0.301. The first-order valence-electron chi connectivity index (χ1n) is 8.07. The van der Waals surface area contributed by atoms with E-state index in [-0.39, 0.29) is 13.2 Å². The number of aliphatic hydroxyl groups excluding tert-OH is 2. The van der Waals surface area contributed by atoms with Gasteiger partial charge in [0.1, 0.15) is 0 Å². The summed E-state index contributed by atoms with van der Waals surface area (Å²) < 4.78 is 0.798. The van der Waals surface area contributed by atoms with Gasteiger partial charge in [-0.1, -0.05) is 24.3 Å².